The van der Waals surface area contributed by atoms with Gasteiger partial charge in [-0.05, 0) is 56.0 Å². The molecular formula is C13H5Br3Cl6. The first-order chi connectivity index (χ1) is 9.98. The Morgan fingerprint density at radius 2 is 1.41 bits per heavy atom. The summed E-state index contributed by atoms with van der Waals surface area (Å²) in [5, 5.41) is 0.428. The molecule has 0 heterocycles. The van der Waals surface area contributed by atoms with Crippen molar-refractivity contribution < 1.29 is 0 Å². The lowest BCUT2D eigenvalue weighted by Crippen LogP contribution is -2.43. The monoisotopic (exact) mass is 608 g/mol. The molecule has 1 aromatic rings. The molecule has 1 fully saturated rings. The third-order valence-electron chi connectivity index (χ3n) is 4.20. The molecule has 0 aromatic heterocycles. The van der Waals surface area contributed by atoms with Crippen molar-refractivity contribution in [2.75, 3.05) is 0 Å². The van der Waals surface area contributed by atoms with E-state index < -0.39 is 14.1 Å². The lowest BCUT2D eigenvalue weighted by Gasteiger charge is -2.34. The minimum atomic E-state index is -1.51. The van der Waals surface area contributed by atoms with Crippen molar-refractivity contribution in [3.63, 3.8) is 0 Å². The number of rotatable bonds is 1. The summed E-state index contributed by atoms with van der Waals surface area (Å²) in [5.41, 5.74) is 0.903. The number of hydrogen-bond donors (Lipinski definition) is 0. The molecule has 1 saturated carbocycles. The van der Waals surface area contributed by atoms with Crippen LogP contribution < -0.4 is 0 Å². The Balaban J connectivity index is 2.23. The number of fused-ring (bicyclic) bond motifs is 2. The van der Waals surface area contributed by atoms with Crippen LogP contribution in [0, 0.1) is 0 Å². The van der Waals surface area contributed by atoms with E-state index in [9.17, 15) is 0 Å². The molecule has 0 N–H and O–H groups in total. The molecule has 9 heteroatoms. The Kier molecular flexibility index (Phi) is 5.01. The first kappa shape index (κ1) is 18.9. The Hall–Kier alpha value is 2.14. The van der Waals surface area contributed by atoms with Gasteiger partial charge in [-0.3, -0.25) is 0 Å². The van der Waals surface area contributed by atoms with E-state index in [2.05, 4.69) is 47.8 Å². The van der Waals surface area contributed by atoms with Gasteiger partial charge < -0.3 is 0 Å². The second-order valence-corrected chi connectivity index (χ2v) is 11.1. The lowest BCUT2D eigenvalue weighted by atomic mass is 9.86. The average molecular weight is 614 g/mol. The smallest absolute Gasteiger partial charge is 0.110 e. The van der Waals surface area contributed by atoms with Crippen molar-refractivity contribution in [2.45, 2.75) is 26.4 Å². The third-order valence-corrected chi connectivity index (χ3v) is 11.0. The van der Waals surface area contributed by atoms with Gasteiger partial charge in [0.2, 0.25) is 0 Å². The predicted molar refractivity (Wildman–Crippen MR) is 107 cm³/mol. The summed E-state index contributed by atoms with van der Waals surface area (Å²) in [4.78, 5) is -2.49. The molecule has 0 nitrogen and oxygen atoms in total. The van der Waals surface area contributed by atoms with Crippen molar-refractivity contribution >= 4 is 117 Å². The number of alkyl halides is 4. The van der Waals surface area contributed by atoms with E-state index in [4.69, 9.17) is 69.6 Å². The van der Waals surface area contributed by atoms with Gasteiger partial charge in [-0.15, -0.1) is 23.2 Å². The van der Waals surface area contributed by atoms with E-state index >= 15 is 0 Å². The molecule has 0 aliphatic heterocycles. The van der Waals surface area contributed by atoms with Crippen LogP contribution in [-0.2, 0) is 0 Å². The van der Waals surface area contributed by atoms with E-state index in [-0.39, 0.29) is 16.0 Å². The van der Waals surface area contributed by atoms with Crippen LogP contribution >= 0.6 is 117 Å². The molecule has 0 radical (unpaired) electrons. The fourth-order valence-corrected chi connectivity index (χ4v) is 7.46. The summed E-state index contributed by atoms with van der Waals surface area (Å²) < 4.78 is 1.11. The zero-order chi connectivity index (χ0) is 16.7. The molecule has 2 aliphatic carbocycles. The van der Waals surface area contributed by atoms with Crippen molar-refractivity contribution in [3.05, 3.63) is 41.2 Å². The van der Waals surface area contributed by atoms with E-state index in [1.165, 1.54) is 0 Å². The Bertz CT molecular complexity index is 718. The highest BCUT2D eigenvalue weighted by molar-refractivity contribution is 9.13. The molecule has 0 spiro atoms. The van der Waals surface area contributed by atoms with E-state index in [0.29, 0.717) is 6.42 Å². The van der Waals surface area contributed by atoms with Gasteiger partial charge in [0.05, 0.1) is 10.1 Å². The molecule has 0 unspecified atom stereocenters. The van der Waals surface area contributed by atoms with Crippen LogP contribution in [0.5, 0.6) is 0 Å². The van der Waals surface area contributed by atoms with Crippen LogP contribution in [0.1, 0.15) is 17.9 Å². The van der Waals surface area contributed by atoms with Crippen molar-refractivity contribution in [1.29, 1.82) is 0 Å². The number of benzene rings is 1. The summed E-state index contributed by atoms with van der Waals surface area (Å²) in [6.07, 6.45) is 0.382. The normalized spacial score (nSPS) is 36.3. The van der Waals surface area contributed by atoms with Crippen molar-refractivity contribution in [1.82, 2.24) is 0 Å². The highest BCUT2D eigenvalue weighted by atomic mass is 79.9. The van der Waals surface area contributed by atoms with Gasteiger partial charge in [-0.25, -0.2) is 0 Å². The summed E-state index contributed by atoms with van der Waals surface area (Å²) in [6.45, 7) is 0. The molecule has 120 valence electrons. The zero-order valence-corrected chi connectivity index (χ0v) is 19.6. The van der Waals surface area contributed by atoms with Crippen LogP contribution in [0.4, 0.5) is 0 Å². The average Bonchev–Trinajstić information content (AvgIpc) is 2.65. The Morgan fingerprint density at radius 3 is 1.91 bits per heavy atom. The SMILES string of the molecule is ClC1=C(Cl)[C@@]2(Cl)[C@@H](c3cc(Br)c(Br)cc3Br)C[C@]1(Cl)C2(Cl)Cl. The minimum absolute atomic E-state index is 0.207. The zero-order valence-electron chi connectivity index (χ0n) is 10.3. The van der Waals surface area contributed by atoms with Gasteiger partial charge >= 0.3 is 0 Å². The summed E-state index contributed by atoms with van der Waals surface area (Å²) in [6, 6.07) is 3.85. The first-order valence-electron chi connectivity index (χ1n) is 5.94. The van der Waals surface area contributed by atoms with Gasteiger partial charge in [-0.2, -0.15) is 0 Å². The summed E-state index contributed by atoms with van der Waals surface area (Å²) in [7, 11) is 0. The Morgan fingerprint density at radius 1 is 0.864 bits per heavy atom. The van der Waals surface area contributed by atoms with Gasteiger partial charge in [-0.1, -0.05) is 62.3 Å². The maximum absolute atomic E-state index is 6.82. The maximum atomic E-state index is 6.82. The molecule has 0 saturated heterocycles. The van der Waals surface area contributed by atoms with Crippen molar-refractivity contribution in [2.24, 2.45) is 0 Å². The molecule has 22 heavy (non-hydrogen) atoms. The van der Waals surface area contributed by atoms with Gasteiger partial charge in [0, 0.05) is 19.3 Å². The molecule has 3 rings (SSSR count). The highest BCUT2D eigenvalue weighted by Gasteiger charge is 2.78. The third kappa shape index (κ3) is 2.19. The Labute approximate surface area is 183 Å². The molecule has 2 aliphatic rings. The van der Waals surface area contributed by atoms with E-state index in [1.807, 2.05) is 12.1 Å². The number of allylic oxidation sites excluding steroid dienone is 2. The van der Waals surface area contributed by atoms with E-state index in [0.717, 1.165) is 19.0 Å². The van der Waals surface area contributed by atoms with Crippen LogP contribution in [-0.4, -0.2) is 14.1 Å². The standard InChI is InChI=1S/C13H5Br3Cl6/c14-6-2-8(16)7(15)1-4(6)5-3-11(19)9(17)10(18)12(5,20)13(11,21)22/h1-2,5H,3H2/t5-,11-,12+/m1/s1. The lowest BCUT2D eigenvalue weighted by molar-refractivity contribution is 0.598. The first-order valence-corrected chi connectivity index (χ1v) is 10.6. The second kappa shape index (κ2) is 5.82. The molecule has 0 amide bonds. The highest BCUT2D eigenvalue weighted by Crippen LogP contribution is 2.76. The molecule has 3 atom stereocenters. The predicted octanol–water partition coefficient (Wildman–Crippen LogP) is 8.29. The summed E-state index contributed by atoms with van der Waals surface area (Å²) in [5.74, 6) is -0.296. The largest absolute Gasteiger partial charge is 0.166 e. The number of hydrogen-bond acceptors (Lipinski definition) is 0. The summed E-state index contributed by atoms with van der Waals surface area (Å²) >= 11 is 49.6. The van der Waals surface area contributed by atoms with Crippen LogP contribution in [0.2, 0.25) is 0 Å². The second-order valence-electron chi connectivity index (χ2n) is 5.26. The van der Waals surface area contributed by atoms with Gasteiger partial charge in [0.15, 0.2) is 4.33 Å². The fourth-order valence-electron chi connectivity index (χ4n) is 3.04. The number of halogens is 9. The van der Waals surface area contributed by atoms with Crippen molar-refractivity contribution in [3.8, 4) is 0 Å². The maximum Gasteiger partial charge on any atom is 0.166 e. The fraction of sp³-hybridized carbons (Fsp3) is 0.385. The topological polar surface area (TPSA) is 0 Å². The van der Waals surface area contributed by atoms with Crippen LogP contribution in [0.15, 0.2) is 35.6 Å². The quantitative estimate of drug-likeness (QED) is 0.221. The molecular weight excluding hydrogens is 609 g/mol. The molecule has 1 aromatic carbocycles. The minimum Gasteiger partial charge on any atom is -0.110 e. The van der Waals surface area contributed by atoms with Crippen LogP contribution in [0.3, 0.4) is 0 Å². The molecule has 2 bridgehead atoms. The van der Waals surface area contributed by atoms with E-state index in [1.54, 1.807) is 0 Å². The van der Waals surface area contributed by atoms with Crippen LogP contribution in [0.25, 0.3) is 0 Å². The van der Waals surface area contributed by atoms with Gasteiger partial charge in [0.1, 0.15) is 9.75 Å². The van der Waals surface area contributed by atoms with Gasteiger partial charge in [0.25, 0.3) is 0 Å².